The van der Waals surface area contributed by atoms with Crippen LogP contribution in [-0.2, 0) is 0 Å². The number of nitrogens with zero attached hydrogens (tertiary/aromatic N) is 4. The van der Waals surface area contributed by atoms with Gasteiger partial charge in [-0.25, -0.2) is 9.97 Å². The SMILES string of the molecule is Cc1ccc(Nc2ncc(C(=O)N3CCN(C)CC3)cn2)cc1C. The second-order valence-electron chi connectivity index (χ2n) is 6.31. The van der Waals surface area contributed by atoms with Crippen molar-refractivity contribution in [2.45, 2.75) is 13.8 Å². The van der Waals surface area contributed by atoms with E-state index in [-0.39, 0.29) is 5.91 Å². The Hall–Kier alpha value is -2.47. The quantitative estimate of drug-likeness (QED) is 0.937. The summed E-state index contributed by atoms with van der Waals surface area (Å²) in [7, 11) is 2.07. The number of likely N-dealkylation sites (N-methyl/N-ethyl adjacent to an activating group) is 1. The molecule has 6 nitrogen and oxygen atoms in total. The van der Waals surface area contributed by atoms with E-state index < -0.39 is 0 Å². The minimum absolute atomic E-state index is 0.000769. The van der Waals surface area contributed by atoms with Crippen molar-refractivity contribution in [1.29, 1.82) is 0 Å². The molecule has 2 heterocycles. The molecule has 0 unspecified atom stereocenters. The van der Waals surface area contributed by atoms with Crippen molar-refractivity contribution < 1.29 is 4.79 Å². The molecule has 2 aromatic rings. The van der Waals surface area contributed by atoms with Crippen molar-refractivity contribution in [2.75, 3.05) is 38.5 Å². The molecule has 0 radical (unpaired) electrons. The number of hydrogen-bond acceptors (Lipinski definition) is 5. The van der Waals surface area contributed by atoms with Crippen molar-refractivity contribution in [1.82, 2.24) is 19.8 Å². The lowest BCUT2D eigenvalue weighted by atomic mass is 10.1. The van der Waals surface area contributed by atoms with Crippen LogP contribution in [0.5, 0.6) is 0 Å². The molecule has 1 fully saturated rings. The largest absolute Gasteiger partial charge is 0.336 e. The van der Waals surface area contributed by atoms with E-state index in [1.54, 1.807) is 12.4 Å². The summed E-state index contributed by atoms with van der Waals surface area (Å²) in [6, 6.07) is 6.11. The molecule has 1 N–H and O–H groups in total. The molecule has 6 heteroatoms. The zero-order chi connectivity index (χ0) is 17.1. The predicted octanol–water partition coefficient (Wildman–Crippen LogP) is 2.22. The van der Waals surface area contributed by atoms with E-state index >= 15 is 0 Å². The molecule has 0 atom stereocenters. The van der Waals surface area contributed by atoms with Crippen molar-refractivity contribution in [3.8, 4) is 0 Å². The molecular formula is C18H23N5O. The molecule has 126 valence electrons. The summed E-state index contributed by atoms with van der Waals surface area (Å²) in [4.78, 5) is 25.1. The van der Waals surface area contributed by atoms with Crippen LogP contribution < -0.4 is 5.32 Å². The summed E-state index contributed by atoms with van der Waals surface area (Å²) >= 11 is 0. The topological polar surface area (TPSA) is 61.4 Å². The van der Waals surface area contributed by atoms with Gasteiger partial charge in [-0.05, 0) is 44.2 Å². The first-order valence-corrected chi connectivity index (χ1v) is 8.17. The van der Waals surface area contributed by atoms with E-state index in [2.05, 4.69) is 53.2 Å². The van der Waals surface area contributed by atoms with Gasteiger partial charge in [0.15, 0.2) is 0 Å². The summed E-state index contributed by atoms with van der Waals surface area (Å²) in [5, 5.41) is 3.17. The van der Waals surface area contributed by atoms with Gasteiger partial charge >= 0.3 is 0 Å². The molecule has 1 aliphatic rings. The van der Waals surface area contributed by atoms with Gasteiger partial charge in [0, 0.05) is 44.3 Å². The molecular weight excluding hydrogens is 302 g/mol. The number of benzene rings is 1. The van der Waals surface area contributed by atoms with Crippen LogP contribution in [0.1, 0.15) is 21.5 Å². The molecule has 0 aliphatic carbocycles. The fourth-order valence-corrected chi connectivity index (χ4v) is 2.64. The maximum Gasteiger partial charge on any atom is 0.257 e. The van der Waals surface area contributed by atoms with E-state index in [0.29, 0.717) is 11.5 Å². The Morgan fingerprint density at radius 3 is 2.33 bits per heavy atom. The first-order valence-electron chi connectivity index (χ1n) is 8.17. The second-order valence-corrected chi connectivity index (χ2v) is 6.31. The molecule has 3 rings (SSSR count). The Morgan fingerprint density at radius 2 is 1.71 bits per heavy atom. The molecule has 0 bridgehead atoms. The van der Waals surface area contributed by atoms with Crippen LogP contribution in [0.3, 0.4) is 0 Å². The monoisotopic (exact) mass is 325 g/mol. The average Bonchev–Trinajstić information content (AvgIpc) is 2.59. The van der Waals surface area contributed by atoms with E-state index in [9.17, 15) is 4.79 Å². The van der Waals surface area contributed by atoms with Crippen LogP contribution in [0.2, 0.25) is 0 Å². The first-order chi connectivity index (χ1) is 11.5. The van der Waals surface area contributed by atoms with E-state index in [1.165, 1.54) is 11.1 Å². The van der Waals surface area contributed by atoms with Crippen LogP contribution in [0.25, 0.3) is 0 Å². The van der Waals surface area contributed by atoms with Crippen molar-refractivity contribution in [3.63, 3.8) is 0 Å². The third-order valence-electron chi connectivity index (χ3n) is 4.45. The minimum atomic E-state index is 0.000769. The van der Waals surface area contributed by atoms with E-state index in [1.807, 2.05) is 11.0 Å². The van der Waals surface area contributed by atoms with Gasteiger partial charge in [-0.2, -0.15) is 0 Å². The van der Waals surface area contributed by atoms with Gasteiger partial charge in [-0.1, -0.05) is 6.07 Å². The van der Waals surface area contributed by atoms with Crippen LogP contribution >= 0.6 is 0 Å². The minimum Gasteiger partial charge on any atom is -0.336 e. The zero-order valence-electron chi connectivity index (χ0n) is 14.4. The number of aryl methyl sites for hydroxylation is 2. The number of aromatic nitrogens is 2. The molecule has 1 saturated heterocycles. The predicted molar refractivity (Wildman–Crippen MR) is 94.6 cm³/mol. The average molecular weight is 325 g/mol. The highest BCUT2D eigenvalue weighted by molar-refractivity contribution is 5.93. The molecule has 0 saturated carbocycles. The van der Waals surface area contributed by atoms with Gasteiger partial charge in [-0.3, -0.25) is 4.79 Å². The number of carbonyl (C=O) groups excluding carboxylic acids is 1. The third kappa shape index (κ3) is 3.71. The summed E-state index contributed by atoms with van der Waals surface area (Å²) < 4.78 is 0. The van der Waals surface area contributed by atoms with E-state index in [4.69, 9.17) is 0 Å². The standard InChI is InChI=1S/C18H23N5O/c1-13-4-5-16(10-14(13)2)21-18-19-11-15(12-20-18)17(24)23-8-6-22(3)7-9-23/h4-5,10-12H,6-9H2,1-3H3,(H,19,20,21). The number of hydrogen-bond donors (Lipinski definition) is 1. The number of nitrogens with one attached hydrogen (secondary N) is 1. The van der Waals surface area contributed by atoms with Crippen LogP contribution in [0.15, 0.2) is 30.6 Å². The Balaban J connectivity index is 1.66. The van der Waals surface area contributed by atoms with Gasteiger partial charge in [0.2, 0.25) is 5.95 Å². The van der Waals surface area contributed by atoms with Crippen molar-refractivity contribution >= 4 is 17.5 Å². The fourth-order valence-electron chi connectivity index (χ4n) is 2.64. The number of rotatable bonds is 3. The molecule has 1 aromatic carbocycles. The van der Waals surface area contributed by atoms with Crippen molar-refractivity contribution in [3.05, 3.63) is 47.3 Å². The fraction of sp³-hybridized carbons (Fsp3) is 0.389. The van der Waals surface area contributed by atoms with Gasteiger partial charge in [0.1, 0.15) is 0 Å². The highest BCUT2D eigenvalue weighted by atomic mass is 16.2. The van der Waals surface area contributed by atoms with Gasteiger partial charge < -0.3 is 15.1 Å². The molecule has 1 aromatic heterocycles. The molecule has 1 aliphatic heterocycles. The zero-order valence-corrected chi connectivity index (χ0v) is 14.4. The Kier molecular flexibility index (Phi) is 4.76. The van der Waals surface area contributed by atoms with Gasteiger partial charge in [0.25, 0.3) is 5.91 Å². The van der Waals surface area contributed by atoms with Crippen LogP contribution in [-0.4, -0.2) is 58.9 Å². The number of piperazine rings is 1. The lowest BCUT2D eigenvalue weighted by Gasteiger charge is -2.32. The van der Waals surface area contributed by atoms with Gasteiger partial charge in [0.05, 0.1) is 5.56 Å². The lowest BCUT2D eigenvalue weighted by molar-refractivity contribution is 0.0663. The molecule has 1 amide bonds. The normalized spacial score (nSPS) is 15.4. The Labute approximate surface area is 142 Å². The summed E-state index contributed by atoms with van der Waals surface area (Å²) in [5.41, 5.74) is 3.93. The molecule has 0 spiro atoms. The highest BCUT2D eigenvalue weighted by Gasteiger charge is 2.20. The number of carbonyl (C=O) groups is 1. The van der Waals surface area contributed by atoms with Crippen molar-refractivity contribution in [2.24, 2.45) is 0 Å². The second kappa shape index (κ2) is 6.97. The highest BCUT2D eigenvalue weighted by Crippen LogP contribution is 2.17. The smallest absolute Gasteiger partial charge is 0.257 e. The summed E-state index contributed by atoms with van der Waals surface area (Å²) in [6.07, 6.45) is 3.19. The first kappa shape index (κ1) is 16.4. The van der Waals surface area contributed by atoms with Gasteiger partial charge in [-0.15, -0.1) is 0 Å². The number of amides is 1. The Morgan fingerprint density at radius 1 is 1.04 bits per heavy atom. The number of anilines is 2. The maximum absolute atomic E-state index is 12.5. The lowest BCUT2D eigenvalue weighted by Crippen LogP contribution is -2.47. The Bertz CT molecular complexity index is 721. The maximum atomic E-state index is 12.5. The summed E-state index contributed by atoms with van der Waals surface area (Å²) in [5.74, 6) is 0.494. The molecule has 24 heavy (non-hydrogen) atoms. The third-order valence-corrected chi connectivity index (χ3v) is 4.45. The van der Waals surface area contributed by atoms with Crippen LogP contribution in [0.4, 0.5) is 11.6 Å². The van der Waals surface area contributed by atoms with E-state index in [0.717, 1.165) is 31.9 Å². The summed E-state index contributed by atoms with van der Waals surface area (Å²) in [6.45, 7) is 7.45. The van der Waals surface area contributed by atoms with Crippen LogP contribution in [0, 0.1) is 13.8 Å².